The van der Waals surface area contributed by atoms with Crippen LogP contribution in [0.4, 0.5) is 5.69 Å². The number of amides is 1. The number of benzene rings is 2. The lowest BCUT2D eigenvalue weighted by atomic mass is 10.1. The molecule has 0 aliphatic carbocycles. The molecule has 1 heterocycles. The summed E-state index contributed by atoms with van der Waals surface area (Å²) in [6.45, 7) is 0. The highest BCUT2D eigenvalue weighted by atomic mass is 16.5. The van der Waals surface area contributed by atoms with E-state index in [4.69, 9.17) is 9.47 Å². The van der Waals surface area contributed by atoms with Crippen molar-refractivity contribution in [1.29, 1.82) is 0 Å². The second-order valence-corrected chi connectivity index (χ2v) is 5.30. The molecule has 1 amide bonds. The van der Waals surface area contributed by atoms with Crippen LogP contribution in [0.3, 0.4) is 0 Å². The predicted molar refractivity (Wildman–Crippen MR) is 93.2 cm³/mol. The summed E-state index contributed by atoms with van der Waals surface area (Å²) in [6, 6.07) is 12.8. The molecule has 0 saturated heterocycles. The van der Waals surface area contributed by atoms with Gasteiger partial charge in [0.2, 0.25) is 5.91 Å². The molecular formula is C18H18N4O3. The lowest BCUT2D eigenvalue weighted by Gasteiger charge is -2.10. The molecule has 0 fully saturated rings. The molecule has 3 rings (SSSR count). The largest absolute Gasteiger partial charge is 0.493 e. The SMILES string of the molecule is COc1ccc(CC(=O)Nc2ccc(-n3cncn3)cc2)cc1OC. The van der Waals surface area contributed by atoms with Crippen molar-refractivity contribution in [3.63, 3.8) is 0 Å². The van der Waals surface area contributed by atoms with E-state index in [9.17, 15) is 4.79 Å². The first-order chi connectivity index (χ1) is 12.2. The molecule has 0 saturated carbocycles. The molecule has 0 aliphatic rings. The average Bonchev–Trinajstić information content (AvgIpc) is 3.17. The number of carbonyl (C=O) groups excluding carboxylic acids is 1. The van der Waals surface area contributed by atoms with Gasteiger partial charge in [-0.1, -0.05) is 6.07 Å². The average molecular weight is 338 g/mol. The van der Waals surface area contributed by atoms with Crippen LogP contribution >= 0.6 is 0 Å². The van der Waals surface area contributed by atoms with E-state index in [2.05, 4.69) is 15.4 Å². The Kier molecular flexibility index (Phi) is 4.94. The maximum Gasteiger partial charge on any atom is 0.228 e. The predicted octanol–water partition coefficient (Wildman–Crippen LogP) is 2.47. The van der Waals surface area contributed by atoms with E-state index >= 15 is 0 Å². The Morgan fingerprint density at radius 3 is 2.48 bits per heavy atom. The van der Waals surface area contributed by atoms with Crippen LogP contribution in [0.1, 0.15) is 5.56 Å². The van der Waals surface area contributed by atoms with Gasteiger partial charge in [0.15, 0.2) is 11.5 Å². The number of ether oxygens (including phenoxy) is 2. The van der Waals surface area contributed by atoms with Gasteiger partial charge in [0.25, 0.3) is 0 Å². The van der Waals surface area contributed by atoms with Crippen LogP contribution in [0.25, 0.3) is 5.69 Å². The molecule has 7 nitrogen and oxygen atoms in total. The van der Waals surface area contributed by atoms with Crippen LogP contribution in [0, 0.1) is 0 Å². The molecule has 0 aliphatic heterocycles. The van der Waals surface area contributed by atoms with Crippen molar-refractivity contribution in [2.75, 3.05) is 19.5 Å². The Bertz CT molecular complexity index is 845. The number of hydrogen-bond donors (Lipinski definition) is 1. The first-order valence-corrected chi connectivity index (χ1v) is 7.65. The van der Waals surface area contributed by atoms with Crippen molar-refractivity contribution in [3.8, 4) is 17.2 Å². The number of hydrogen-bond acceptors (Lipinski definition) is 5. The summed E-state index contributed by atoms with van der Waals surface area (Å²) in [6.07, 6.45) is 3.33. The third-order valence-corrected chi connectivity index (χ3v) is 3.65. The molecule has 0 bridgehead atoms. The monoisotopic (exact) mass is 338 g/mol. The highest BCUT2D eigenvalue weighted by Gasteiger charge is 2.09. The van der Waals surface area contributed by atoms with E-state index in [0.29, 0.717) is 17.2 Å². The molecule has 25 heavy (non-hydrogen) atoms. The smallest absolute Gasteiger partial charge is 0.228 e. The quantitative estimate of drug-likeness (QED) is 0.747. The minimum Gasteiger partial charge on any atom is -0.493 e. The number of anilines is 1. The topological polar surface area (TPSA) is 78.3 Å². The third kappa shape index (κ3) is 3.95. The van der Waals surface area contributed by atoms with Crippen molar-refractivity contribution in [2.24, 2.45) is 0 Å². The molecule has 7 heteroatoms. The second-order valence-electron chi connectivity index (χ2n) is 5.30. The fourth-order valence-electron chi connectivity index (χ4n) is 2.42. The Balaban J connectivity index is 1.64. The van der Waals surface area contributed by atoms with E-state index in [0.717, 1.165) is 11.3 Å². The van der Waals surface area contributed by atoms with Crippen LogP contribution in [0.15, 0.2) is 55.1 Å². The molecule has 0 spiro atoms. The van der Waals surface area contributed by atoms with Gasteiger partial charge in [0.1, 0.15) is 12.7 Å². The molecule has 0 atom stereocenters. The number of methoxy groups -OCH3 is 2. The molecule has 0 unspecified atom stereocenters. The standard InChI is InChI=1S/C18H18N4O3/c1-24-16-8-3-13(9-17(16)25-2)10-18(23)21-14-4-6-15(7-5-14)22-12-19-11-20-22/h3-9,11-12H,10H2,1-2H3,(H,21,23). The normalized spacial score (nSPS) is 10.3. The van der Waals surface area contributed by atoms with E-state index in [1.165, 1.54) is 6.33 Å². The highest BCUT2D eigenvalue weighted by molar-refractivity contribution is 5.92. The van der Waals surface area contributed by atoms with E-state index in [-0.39, 0.29) is 12.3 Å². The third-order valence-electron chi connectivity index (χ3n) is 3.65. The van der Waals surface area contributed by atoms with E-state index < -0.39 is 0 Å². The Morgan fingerprint density at radius 2 is 1.84 bits per heavy atom. The summed E-state index contributed by atoms with van der Waals surface area (Å²) in [4.78, 5) is 16.1. The first kappa shape index (κ1) is 16.5. The van der Waals surface area contributed by atoms with Gasteiger partial charge in [-0.05, 0) is 42.0 Å². The van der Waals surface area contributed by atoms with Gasteiger partial charge in [0, 0.05) is 5.69 Å². The molecular weight excluding hydrogens is 320 g/mol. The van der Waals surface area contributed by atoms with Crippen molar-refractivity contribution >= 4 is 11.6 Å². The zero-order chi connectivity index (χ0) is 17.6. The highest BCUT2D eigenvalue weighted by Crippen LogP contribution is 2.27. The van der Waals surface area contributed by atoms with Gasteiger partial charge >= 0.3 is 0 Å². The fraction of sp³-hybridized carbons (Fsp3) is 0.167. The van der Waals surface area contributed by atoms with Gasteiger partial charge in [-0.25, -0.2) is 9.67 Å². The van der Waals surface area contributed by atoms with Crippen molar-refractivity contribution in [1.82, 2.24) is 14.8 Å². The summed E-state index contributed by atoms with van der Waals surface area (Å²) < 4.78 is 12.1. The zero-order valence-corrected chi connectivity index (χ0v) is 14.0. The molecule has 3 aromatic rings. The van der Waals surface area contributed by atoms with Gasteiger partial charge in [-0.2, -0.15) is 5.10 Å². The van der Waals surface area contributed by atoms with Crippen molar-refractivity contribution in [2.45, 2.75) is 6.42 Å². The van der Waals surface area contributed by atoms with Gasteiger partial charge in [-0.15, -0.1) is 0 Å². The zero-order valence-electron chi connectivity index (χ0n) is 14.0. The number of nitrogens with one attached hydrogen (secondary N) is 1. The second kappa shape index (κ2) is 7.48. The minimum atomic E-state index is -0.110. The molecule has 0 radical (unpaired) electrons. The Morgan fingerprint density at radius 1 is 1.08 bits per heavy atom. The maximum absolute atomic E-state index is 12.2. The fourth-order valence-corrected chi connectivity index (χ4v) is 2.42. The molecule has 1 aromatic heterocycles. The summed E-state index contributed by atoms with van der Waals surface area (Å²) >= 11 is 0. The Labute approximate surface area is 145 Å². The van der Waals surface area contributed by atoms with Crippen LogP contribution in [-0.2, 0) is 11.2 Å². The maximum atomic E-state index is 12.2. The minimum absolute atomic E-state index is 0.110. The number of nitrogens with zero attached hydrogens (tertiary/aromatic N) is 3. The number of aromatic nitrogens is 3. The summed E-state index contributed by atoms with van der Waals surface area (Å²) in [5.74, 6) is 1.13. The van der Waals surface area contributed by atoms with Crippen LogP contribution in [0.2, 0.25) is 0 Å². The lowest BCUT2D eigenvalue weighted by Crippen LogP contribution is -2.14. The molecule has 2 aromatic carbocycles. The summed E-state index contributed by atoms with van der Waals surface area (Å²) in [7, 11) is 3.14. The molecule has 128 valence electrons. The summed E-state index contributed by atoms with van der Waals surface area (Å²) in [5.41, 5.74) is 2.43. The van der Waals surface area contributed by atoms with Crippen molar-refractivity contribution < 1.29 is 14.3 Å². The van der Waals surface area contributed by atoms with E-state index in [1.54, 1.807) is 37.4 Å². The summed E-state index contributed by atoms with van der Waals surface area (Å²) in [5, 5.41) is 6.93. The molecule has 1 N–H and O–H groups in total. The van der Waals surface area contributed by atoms with Crippen LogP contribution in [0.5, 0.6) is 11.5 Å². The van der Waals surface area contributed by atoms with Crippen LogP contribution in [-0.4, -0.2) is 34.9 Å². The van der Waals surface area contributed by atoms with Crippen molar-refractivity contribution in [3.05, 3.63) is 60.7 Å². The van der Waals surface area contributed by atoms with Gasteiger partial charge < -0.3 is 14.8 Å². The van der Waals surface area contributed by atoms with Gasteiger partial charge in [-0.3, -0.25) is 4.79 Å². The van der Waals surface area contributed by atoms with E-state index in [1.807, 2.05) is 30.3 Å². The number of carbonyl (C=O) groups is 1. The Hall–Kier alpha value is -3.35. The van der Waals surface area contributed by atoms with Crippen LogP contribution < -0.4 is 14.8 Å². The number of rotatable bonds is 6. The van der Waals surface area contributed by atoms with Gasteiger partial charge in [0.05, 0.1) is 26.3 Å². The first-order valence-electron chi connectivity index (χ1n) is 7.65. The lowest BCUT2D eigenvalue weighted by molar-refractivity contribution is -0.115.